The summed E-state index contributed by atoms with van der Waals surface area (Å²) in [5.74, 6) is -2.09. The van der Waals surface area contributed by atoms with Crippen LogP contribution in [0.15, 0.2) is 40.9 Å². The monoisotopic (exact) mass is 351 g/mol. The third kappa shape index (κ3) is 2.84. The van der Waals surface area contributed by atoms with Crippen LogP contribution >= 0.6 is 12.2 Å². The van der Waals surface area contributed by atoms with Gasteiger partial charge in [-0.25, -0.2) is 0 Å². The first-order chi connectivity index (χ1) is 8.11. The molecule has 0 saturated heterocycles. The molecule has 2 rings (SSSR count). The normalized spacial score (nSPS) is 18.5. The van der Waals surface area contributed by atoms with Gasteiger partial charge in [-0.2, -0.15) is 0 Å². The topological polar surface area (TPSA) is 52.5 Å². The van der Waals surface area contributed by atoms with Crippen LogP contribution in [0.5, 0.6) is 0 Å². The number of aliphatic imine (C=N–C) groups is 1. The van der Waals surface area contributed by atoms with Gasteiger partial charge in [0.2, 0.25) is 0 Å². The van der Waals surface area contributed by atoms with E-state index < -0.39 is 11.9 Å². The number of carbonyl (C=O) groups excluding carboxylic acids is 1. The fourth-order valence-electron chi connectivity index (χ4n) is 1.72. The molecule has 1 aliphatic heterocycles. The van der Waals surface area contributed by atoms with Gasteiger partial charge >= 0.3 is 22.4 Å². The summed E-state index contributed by atoms with van der Waals surface area (Å²) in [5.41, 5.74) is 2.39. The van der Waals surface area contributed by atoms with E-state index in [9.17, 15) is 9.90 Å². The number of rotatable bonds is 2. The third-order valence-electron chi connectivity index (χ3n) is 2.66. The van der Waals surface area contributed by atoms with Crippen LogP contribution in [0.4, 0.5) is 0 Å². The van der Waals surface area contributed by atoms with E-state index in [0.29, 0.717) is 4.86 Å². The molecule has 0 radical (unpaired) electrons. The summed E-state index contributed by atoms with van der Waals surface area (Å²) in [5, 5.41) is 10.8. The minimum Gasteiger partial charge on any atom is -0.549 e. The van der Waals surface area contributed by atoms with Crippen LogP contribution in [-0.4, -0.2) is 17.0 Å². The average Bonchev–Trinajstić information content (AvgIpc) is 2.33. The minimum absolute atomic E-state index is 0. The molecule has 0 N–H and O–H groups in total. The molecule has 5 heteroatoms. The summed E-state index contributed by atoms with van der Waals surface area (Å²) in [6.45, 7) is 1.79. The van der Waals surface area contributed by atoms with Crippen LogP contribution in [0.3, 0.4) is 0 Å². The average molecular weight is 352 g/mol. The number of carbonyl (C=O) groups is 1. The second-order valence-electron chi connectivity index (χ2n) is 3.78. The van der Waals surface area contributed by atoms with E-state index in [0.717, 1.165) is 16.8 Å². The Kier molecular flexibility index (Phi) is 5.16. The van der Waals surface area contributed by atoms with Crippen LogP contribution in [0.2, 0.25) is 0 Å². The van der Waals surface area contributed by atoms with Crippen molar-refractivity contribution >= 4 is 35.0 Å². The van der Waals surface area contributed by atoms with Crippen molar-refractivity contribution < 1.29 is 32.3 Å². The van der Waals surface area contributed by atoms with E-state index >= 15 is 0 Å². The standard InChI is InChI=1S/C13H11NO2S.Ag/c1-8-11(9-5-3-2-4-6-9)14-7-10(12(8)17)13(15)16;/h2-7,10H,1H3,(H,15,16);/q;+1/p-1. The summed E-state index contributed by atoms with van der Waals surface area (Å²) < 4.78 is 0. The number of hydrogen-bond donors (Lipinski definition) is 0. The van der Waals surface area contributed by atoms with Crippen molar-refractivity contribution in [3.8, 4) is 0 Å². The van der Waals surface area contributed by atoms with Crippen LogP contribution in [0, 0.1) is 5.92 Å². The Morgan fingerprint density at radius 1 is 1.33 bits per heavy atom. The van der Waals surface area contributed by atoms with Crippen molar-refractivity contribution in [2.75, 3.05) is 0 Å². The largest absolute Gasteiger partial charge is 1.00 e. The van der Waals surface area contributed by atoms with E-state index in [1.807, 2.05) is 30.3 Å². The van der Waals surface area contributed by atoms with Gasteiger partial charge in [0, 0.05) is 16.6 Å². The molecule has 0 aromatic heterocycles. The van der Waals surface area contributed by atoms with Crippen LogP contribution in [0.25, 0.3) is 5.70 Å². The van der Waals surface area contributed by atoms with Gasteiger partial charge in [-0.15, -0.1) is 0 Å². The number of thiocarbonyl (C=S) groups is 1. The maximum absolute atomic E-state index is 10.8. The number of allylic oxidation sites excluding steroid dienone is 1. The molecule has 1 atom stereocenters. The predicted molar refractivity (Wildman–Crippen MR) is 68.6 cm³/mol. The minimum atomic E-state index is -1.20. The Bertz CT molecular complexity index is 537. The number of aliphatic carboxylic acids is 1. The first-order valence-corrected chi connectivity index (χ1v) is 5.57. The van der Waals surface area contributed by atoms with E-state index in [-0.39, 0.29) is 22.4 Å². The first-order valence-electron chi connectivity index (χ1n) is 5.17. The SMILES string of the molecule is CC1=C(c2ccccc2)N=CC(C(=O)[O-])C1=S.[Ag+]. The Morgan fingerprint density at radius 2 is 1.94 bits per heavy atom. The van der Waals surface area contributed by atoms with E-state index in [1.165, 1.54) is 6.21 Å². The zero-order valence-electron chi connectivity index (χ0n) is 9.51. The van der Waals surface area contributed by atoms with Crippen LogP contribution < -0.4 is 5.11 Å². The van der Waals surface area contributed by atoms with Gasteiger partial charge in [-0.3, -0.25) is 4.99 Å². The van der Waals surface area contributed by atoms with Gasteiger partial charge in [0.1, 0.15) is 0 Å². The number of carboxylic acid groups (broad SMARTS) is 1. The summed E-state index contributed by atoms with van der Waals surface area (Å²) in [6.07, 6.45) is 1.34. The molecule has 0 fully saturated rings. The third-order valence-corrected chi connectivity index (χ3v) is 3.22. The Hall–Kier alpha value is -1.07. The van der Waals surface area contributed by atoms with Crippen molar-refractivity contribution in [3.05, 3.63) is 41.5 Å². The van der Waals surface area contributed by atoms with Crippen molar-refractivity contribution in [2.24, 2.45) is 10.9 Å². The van der Waals surface area contributed by atoms with Gasteiger partial charge in [0.25, 0.3) is 0 Å². The van der Waals surface area contributed by atoms with Crippen LogP contribution in [0.1, 0.15) is 12.5 Å². The molecule has 18 heavy (non-hydrogen) atoms. The van der Waals surface area contributed by atoms with Gasteiger partial charge in [-0.1, -0.05) is 42.5 Å². The van der Waals surface area contributed by atoms with Gasteiger partial charge in [-0.05, 0) is 12.5 Å². The second-order valence-corrected chi connectivity index (χ2v) is 4.22. The number of carboxylic acids is 1. The summed E-state index contributed by atoms with van der Waals surface area (Å²) >= 11 is 5.13. The zero-order chi connectivity index (χ0) is 12.4. The first kappa shape index (κ1) is 15.0. The number of nitrogens with zero attached hydrogens (tertiary/aromatic N) is 1. The fourth-order valence-corrected chi connectivity index (χ4v) is 1.97. The summed E-state index contributed by atoms with van der Waals surface area (Å²) in [6, 6.07) is 9.54. The molecule has 0 aliphatic carbocycles. The molecular weight excluding hydrogens is 342 g/mol. The van der Waals surface area contributed by atoms with Crippen molar-refractivity contribution in [1.29, 1.82) is 0 Å². The second kappa shape index (κ2) is 6.20. The molecular formula is C13H10AgNO2S. The molecule has 1 aromatic rings. The molecule has 0 bridgehead atoms. The predicted octanol–water partition coefficient (Wildman–Crippen LogP) is 1.24. The van der Waals surface area contributed by atoms with Crippen molar-refractivity contribution in [2.45, 2.75) is 6.92 Å². The van der Waals surface area contributed by atoms with Gasteiger partial charge in [0.05, 0.1) is 17.6 Å². The Balaban J connectivity index is 0.00000162. The van der Waals surface area contributed by atoms with Gasteiger partial charge < -0.3 is 9.90 Å². The van der Waals surface area contributed by atoms with Gasteiger partial charge in [0.15, 0.2) is 0 Å². The molecule has 0 spiro atoms. The quantitative estimate of drug-likeness (QED) is 0.595. The molecule has 1 aromatic carbocycles. The molecule has 0 saturated carbocycles. The zero-order valence-corrected chi connectivity index (χ0v) is 11.8. The smallest absolute Gasteiger partial charge is 0.549 e. The Morgan fingerprint density at radius 3 is 2.50 bits per heavy atom. The summed E-state index contributed by atoms with van der Waals surface area (Å²) in [7, 11) is 0. The maximum atomic E-state index is 10.8. The number of hydrogen-bond acceptors (Lipinski definition) is 4. The van der Waals surface area contributed by atoms with Crippen molar-refractivity contribution in [1.82, 2.24) is 0 Å². The molecule has 1 aliphatic rings. The number of benzene rings is 1. The molecule has 96 valence electrons. The fraction of sp³-hybridized carbons (Fsp3) is 0.154. The van der Waals surface area contributed by atoms with Crippen molar-refractivity contribution in [3.63, 3.8) is 0 Å². The van der Waals surface area contributed by atoms with Crippen LogP contribution in [-0.2, 0) is 27.2 Å². The summed E-state index contributed by atoms with van der Waals surface area (Å²) in [4.78, 5) is 15.4. The maximum Gasteiger partial charge on any atom is 1.00 e. The molecule has 0 amide bonds. The molecule has 3 nitrogen and oxygen atoms in total. The molecule has 1 heterocycles. The van der Waals surface area contributed by atoms with E-state index in [1.54, 1.807) is 6.92 Å². The van der Waals surface area contributed by atoms with E-state index in [2.05, 4.69) is 4.99 Å². The Labute approximate surface area is 126 Å². The van der Waals surface area contributed by atoms with E-state index in [4.69, 9.17) is 12.2 Å². The molecule has 1 unspecified atom stereocenters.